The Morgan fingerprint density at radius 2 is 1.96 bits per heavy atom. The number of rotatable bonds is 4. The Labute approximate surface area is 145 Å². The topological polar surface area (TPSA) is 72.0 Å². The fourth-order valence-electron chi connectivity index (χ4n) is 3.48. The van der Waals surface area contributed by atoms with E-state index in [9.17, 15) is 5.11 Å². The molecular weight excluding hydrogens is 316 g/mol. The molecule has 5 rings (SSSR count). The van der Waals surface area contributed by atoms with Gasteiger partial charge in [0.2, 0.25) is 0 Å². The molecule has 1 saturated carbocycles. The van der Waals surface area contributed by atoms with Gasteiger partial charge in [-0.2, -0.15) is 5.10 Å². The van der Waals surface area contributed by atoms with Crippen molar-refractivity contribution in [3.8, 4) is 11.6 Å². The van der Waals surface area contributed by atoms with Crippen LogP contribution in [-0.2, 0) is 19.6 Å². The van der Waals surface area contributed by atoms with Crippen LogP contribution in [0.3, 0.4) is 0 Å². The summed E-state index contributed by atoms with van der Waals surface area (Å²) in [5.41, 5.74) is 4.13. The molecule has 3 heterocycles. The second-order valence-electron chi connectivity index (χ2n) is 6.88. The summed E-state index contributed by atoms with van der Waals surface area (Å²) in [5, 5.41) is 22.9. The van der Waals surface area contributed by atoms with Crippen LogP contribution < -0.4 is 0 Å². The van der Waals surface area contributed by atoms with Gasteiger partial charge in [0, 0.05) is 25.6 Å². The van der Waals surface area contributed by atoms with Gasteiger partial charge in [0.1, 0.15) is 5.69 Å². The molecule has 1 fully saturated rings. The number of hydrogen-bond acceptors (Lipinski definition) is 5. The fourth-order valence-corrected chi connectivity index (χ4v) is 3.48. The molecule has 25 heavy (non-hydrogen) atoms. The number of aromatic nitrogens is 5. The quantitative estimate of drug-likeness (QED) is 0.789. The monoisotopic (exact) mass is 336 g/mol. The highest BCUT2D eigenvalue weighted by atomic mass is 16.3. The Morgan fingerprint density at radius 1 is 1.12 bits per heavy atom. The van der Waals surface area contributed by atoms with Crippen molar-refractivity contribution in [3.05, 3.63) is 53.5 Å². The Balaban J connectivity index is 1.38. The van der Waals surface area contributed by atoms with E-state index < -0.39 is 0 Å². The zero-order chi connectivity index (χ0) is 16.8. The molecule has 1 aromatic carbocycles. The van der Waals surface area contributed by atoms with Gasteiger partial charge >= 0.3 is 0 Å². The van der Waals surface area contributed by atoms with Gasteiger partial charge in [-0.25, -0.2) is 4.68 Å². The van der Waals surface area contributed by atoms with E-state index in [1.807, 2.05) is 30.3 Å². The third kappa shape index (κ3) is 2.70. The van der Waals surface area contributed by atoms with Crippen molar-refractivity contribution in [3.63, 3.8) is 0 Å². The smallest absolute Gasteiger partial charge is 0.256 e. The average molecular weight is 336 g/mol. The highest BCUT2D eigenvalue weighted by Gasteiger charge is 2.29. The van der Waals surface area contributed by atoms with Crippen LogP contribution in [0.2, 0.25) is 0 Å². The van der Waals surface area contributed by atoms with Gasteiger partial charge < -0.3 is 5.11 Å². The van der Waals surface area contributed by atoms with E-state index in [0.29, 0.717) is 12.5 Å². The minimum Gasteiger partial charge on any atom is -0.491 e. The second-order valence-corrected chi connectivity index (χ2v) is 6.88. The van der Waals surface area contributed by atoms with Crippen molar-refractivity contribution in [2.45, 2.75) is 38.4 Å². The van der Waals surface area contributed by atoms with Crippen LogP contribution in [0.15, 0.2) is 36.4 Å². The molecule has 7 heteroatoms. The average Bonchev–Trinajstić information content (AvgIpc) is 3.31. The maximum absolute atomic E-state index is 10.2. The zero-order valence-corrected chi connectivity index (χ0v) is 13.9. The Kier molecular flexibility index (Phi) is 3.34. The van der Waals surface area contributed by atoms with Gasteiger partial charge in [0.25, 0.3) is 5.88 Å². The van der Waals surface area contributed by atoms with Crippen LogP contribution in [0.25, 0.3) is 5.69 Å². The first-order valence-electron chi connectivity index (χ1n) is 8.76. The molecule has 2 aromatic heterocycles. The number of fused-ring (bicyclic) bond motifs is 1. The maximum atomic E-state index is 10.2. The Morgan fingerprint density at radius 3 is 2.76 bits per heavy atom. The summed E-state index contributed by atoms with van der Waals surface area (Å²) in [4.78, 5) is 2.31. The molecule has 1 aliphatic heterocycles. The molecule has 7 nitrogen and oxygen atoms in total. The zero-order valence-electron chi connectivity index (χ0n) is 13.9. The van der Waals surface area contributed by atoms with Crippen molar-refractivity contribution in [2.24, 2.45) is 0 Å². The molecule has 0 radical (unpaired) electrons. The Hall–Kier alpha value is -2.67. The van der Waals surface area contributed by atoms with Gasteiger partial charge in [-0.15, -0.1) is 0 Å². The summed E-state index contributed by atoms with van der Waals surface area (Å²) in [5.74, 6) is 0.681. The van der Waals surface area contributed by atoms with Gasteiger partial charge in [-0.3, -0.25) is 9.58 Å². The van der Waals surface area contributed by atoms with Gasteiger partial charge in [0.15, 0.2) is 0 Å². The molecule has 2 aliphatic rings. The molecule has 0 spiro atoms. The van der Waals surface area contributed by atoms with E-state index in [-0.39, 0.29) is 5.88 Å². The van der Waals surface area contributed by atoms with Crippen molar-refractivity contribution in [1.29, 1.82) is 0 Å². The first-order chi connectivity index (χ1) is 12.3. The first-order valence-corrected chi connectivity index (χ1v) is 8.76. The van der Waals surface area contributed by atoms with Gasteiger partial charge in [-0.1, -0.05) is 28.5 Å². The molecule has 0 unspecified atom stereocenters. The van der Waals surface area contributed by atoms with E-state index in [4.69, 9.17) is 5.10 Å². The summed E-state index contributed by atoms with van der Waals surface area (Å²) in [6.07, 6.45) is 2.55. The van der Waals surface area contributed by atoms with Gasteiger partial charge in [0.05, 0.1) is 23.6 Å². The molecule has 0 saturated heterocycles. The lowest BCUT2D eigenvalue weighted by atomic mass is 10.2. The summed E-state index contributed by atoms with van der Waals surface area (Å²) in [7, 11) is 0. The minimum absolute atomic E-state index is 0.00148. The molecule has 128 valence electrons. The molecule has 1 N–H and O–H groups in total. The van der Waals surface area contributed by atoms with Crippen LogP contribution in [0, 0.1) is 0 Å². The Bertz CT molecular complexity index is 896. The van der Waals surface area contributed by atoms with Gasteiger partial charge in [-0.05, 0) is 31.0 Å². The van der Waals surface area contributed by atoms with Crippen LogP contribution in [-0.4, -0.2) is 41.3 Å². The van der Waals surface area contributed by atoms with E-state index >= 15 is 0 Å². The number of benzene rings is 1. The normalized spacial score (nSPS) is 17.6. The minimum atomic E-state index is 0.00148. The highest BCUT2D eigenvalue weighted by molar-refractivity contribution is 5.34. The summed E-state index contributed by atoms with van der Waals surface area (Å²) >= 11 is 0. The lowest BCUT2D eigenvalue weighted by Crippen LogP contribution is -2.34. The lowest BCUT2D eigenvalue weighted by Gasteiger charge is -2.27. The van der Waals surface area contributed by atoms with Crippen LogP contribution in [0.5, 0.6) is 5.88 Å². The lowest BCUT2D eigenvalue weighted by molar-refractivity contribution is 0.199. The summed E-state index contributed by atoms with van der Waals surface area (Å²) < 4.78 is 3.85. The number of aromatic hydroxyl groups is 1. The third-order valence-corrected chi connectivity index (χ3v) is 5.01. The van der Waals surface area contributed by atoms with E-state index in [2.05, 4.69) is 26.0 Å². The highest BCUT2D eigenvalue weighted by Crippen LogP contribution is 2.39. The molecule has 0 bridgehead atoms. The predicted octanol–water partition coefficient (Wildman–Crippen LogP) is 2.06. The molecule has 3 aromatic rings. The predicted molar refractivity (Wildman–Crippen MR) is 91.3 cm³/mol. The standard InChI is InChI=1S/C18H20N6O/c25-18-17(24(21-19-18)14-4-2-1-3-5-14)12-22-8-9-23-15(11-22)10-16(20-23)13-6-7-13/h1-5,10,13,25H,6-9,11-12H2. The van der Waals surface area contributed by atoms with Crippen molar-refractivity contribution in [2.75, 3.05) is 6.54 Å². The summed E-state index contributed by atoms with van der Waals surface area (Å²) in [6, 6.07) is 12.0. The molecule has 0 atom stereocenters. The molecular formula is C18H20N6O. The summed E-state index contributed by atoms with van der Waals surface area (Å²) in [6.45, 7) is 3.23. The van der Waals surface area contributed by atoms with Crippen LogP contribution in [0.4, 0.5) is 0 Å². The van der Waals surface area contributed by atoms with Crippen LogP contribution >= 0.6 is 0 Å². The number of hydrogen-bond donors (Lipinski definition) is 1. The van der Waals surface area contributed by atoms with E-state index in [1.54, 1.807) is 4.68 Å². The third-order valence-electron chi connectivity index (χ3n) is 5.01. The maximum Gasteiger partial charge on any atom is 0.256 e. The molecule has 0 amide bonds. The van der Waals surface area contributed by atoms with Crippen LogP contribution in [0.1, 0.15) is 35.8 Å². The first kappa shape index (κ1) is 14.7. The molecule has 1 aliphatic carbocycles. The number of nitrogens with zero attached hydrogens (tertiary/aromatic N) is 6. The fraction of sp³-hybridized carbons (Fsp3) is 0.389. The second kappa shape index (κ2) is 5.70. The van der Waals surface area contributed by atoms with Crippen molar-refractivity contribution < 1.29 is 5.11 Å². The number of para-hydroxylation sites is 1. The van der Waals surface area contributed by atoms with E-state index in [0.717, 1.165) is 31.0 Å². The van der Waals surface area contributed by atoms with Crippen molar-refractivity contribution in [1.82, 2.24) is 29.7 Å². The van der Waals surface area contributed by atoms with E-state index in [1.165, 1.54) is 24.2 Å². The SMILES string of the molecule is Oc1nnn(-c2ccccc2)c1CN1CCn2nc(C3CC3)cc2C1. The largest absolute Gasteiger partial charge is 0.491 e. The van der Waals surface area contributed by atoms with Crippen molar-refractivity contribution >= 4 is 0 Å².